The molecule has 0 unspecified atom stereocenters. The number of benzene rings is 1. The molecule has 0 spiro atoms. The molecule has 1 N–H and O–H groups in total. The van der Waals surface area contributed by atoms with Gasteiger partial charge in [-0.05, 0) is 49.0 Å². The second-order valence-corrected chi connectivity index (χ2v) is 5.51. The molecule has 0 amide bonds. The molecule has 0 atom stereocenters. The third-order valence-electron chi connectivity index (χ3n) is 3.93. The Morgan fingerprint density at radius 1 is 1.00 bits per heavy atom. The fourth-order valence-electron chi connectivity index (χ4n) is 2.79. The zero-order valence-corrected chi connectivity index (χ0v) is 12.3. The summed E-state index contributed by atoms with van der Waals surface area (Å²) in [5.74, 6) is 0.819. The number of hydrogen-bond donors (Lipinski definition) is 1. The van der Waals surface area contributed by atoms with Crippen molar-refractivity contribution in [2.45, 2.75) is 44.4 Å². The van der Waals surface area contributed by atoms with Crippen LogP contribution in [0.5, 0.6) is 0 Å². The summed E-state index contributed by atoms with van der Waals surface area (Å²) in [5, 5.41) is 8.82. The molecular formula is C19H23FO. The van der Waals surface area contributed by atoms with E-state index in [1.54, 1.807) is 24.3 Å². The van der Waals surface area contributed by atoms with E-state index in [1.807, 2.05) is 30.4 Å². The lowest BCUT2D eigenvalue weighted by Crippen LogP contribution is -2.06. The molecule has 0 aliphatic heterocycles. The third-order valence-corrected chi connectivity index (χ3v) is 3.93. The fraction of sp³-hybridized carbons (Fsp3) is 0.368. The van der Waals surface area contributed by atoms with E-state index >= 15 is 0 Å². The van der Waals surface area contributed by atoms with Gasteiger partial charge in [0.2, 0.25) is 0 Å². The number of hydrogen-bond acceptors (Lipinski definition) is 1. The second-order valence-electron chi connectivity index (χ2n) is 5.51. The van der Waals surface area contributed by atoms with Crippen molar-refractivity contribution in [1.82, 2.24) is 0 Å². The Labute approximate surface area is 126 Å². The molecule has 1 saturated carbocycles. The molecule has 1 fully saturated rings. The van der Waals surface area contributed by atoms with Gasteiger partial charge in [0.25, 0.3) is 0 Å². The predicted octanol–water partition coefficient (Wildman–Crippen LogP) is 5.82. The van der Waals surface area contributed by atoms with Crippen LogP contribution in [0.3, 0.4) is 0 Å². The van der Waals surface area contributed by atoms with Crippen molar-refractivity contribution in [3.8, 4) is 0 Å². The number of aliphatic hydroxyl groups excluding tert-OH is 1. The van der Waals surface area contributed by atoms with Gasteiger partial charge in [0.1, 0.15) is 11.6 Å². The lowest BCUT2D eigenvalue weighted by molar-refractivity contribution is 0.429. The Kier molecular flexibility index (Phi) is 6.26. The highest BCUT2D eigenvalue weighted by atomic mass is 19.1. The normalized spacial score (nSPS) is 18.4. The first kappa shape index (κ1) is 15.6. The molecule has 2 aliphatic carbocycles. The molecule has 1 nitrogen and oxygen atoms in total. The molecule has 2 heteroatoms. The molecule has 0 aromatic heterocycles. The highest BCUT2D eigenvalue weighted by Crippen LogP contribution is 2.33. The predicted molar refractivity (Wildman–Crippen MR) is 85.8 cm³/mol. The van der Waals surface area contributed by atoms with Gasteiger partial charge in [-0.1, -0.05) is 55.7 Å². The van der Waals surface area contributed by atoms with Gasteiger partial charge in [-0.25, -0.2) is 4.39 Å². The van der Waals surface area contributed by atoms with Gasteiger partial charge >= 0.3 is 0 Å². The number of halogens is 1. The minimum absolute atomic E-state index is 0.0191. The lowest BCUT2D eigenvalue weighted by atomic mass is 9.84. The maximum absolute atomic E-state index is 13.4. The maximum atomic E-state index is 13.4. The van der Waals surface area contributed by atoms with Gasteiger partial charge in [-0.3, -0.25) is 0 Å². The summed E-state index contributed by atoms with van der Waals surface area (Å²) in [6, 6.07) is 7.21. The molecule has 0 heterocycles. The van der Waals surface area contributed by atoms with Gasteiger partial charge in [-0.2, -0.15) is 0 Å². The molecule has 2 aliphatic rings. The van der Waals surface area contributed by atoms with Crippen molar-refractivity contribution in [2.24, 2.45) is 0 Å². The summed E-state index contributed by atoms with van der Waals surface area (Å²) in [5.41, 5.74) is 0.933. The first-order valence-corrected chi connectivity index (χ1v) is 7.74. The summed E-state index contributed by atoms with van der Waals surface area (Å²) < 4.78 is 13.4. The van der Waals surface area contributed by atoms with Gasteiger partial charge in [0.15, 0.2) is 0 Å². The molecular weight excluding hydrogens is 263 g/mol. The van der Waals surface area contributed by atoms with Crippen LogP contribution in [0.2, 0.25) is 0 Å². The standard InChI is InChI=1S/C12H15F.C7H8O/c13-12-9-5-4-8-11(12)10-6-2-1-3-7-10;8-7-5-3-1-2-4-6-7/h4-5,8-10H,1-3,6-7H2;1-3,5-6,8H,4H2. The second kappa shape index (κ2) is 8.46. The molecule has 1 aromatic carbocycles. The smallest absolute Gasteiger partial charge is 0.126 e. The third kappa shape index (κ3) is 5.22. The largest absolute Gasteiger partial charge is 0.508 e. The summed E-state index contributed by atoms with van der Waals surface area (Å²) in [7, 11) is 0. The van der Waals surface area contributed by atoms with Crippen LogP contribution in [0.25, 0.3) is 0 Å². The van der Waals surface area contributed by atoms with E-state index in [2.05, 4.69) is 0 Å². The Balaban J connectivity index is 0.000000173. The minimum Gasteiger partial charge on any atom is -0.508 e. The SMILES string of the molecule is Fc1ccccc1C1CCCCC1.OC1=CCC=CC=C1. The van der Waals surface area contributed by atoms with Crippen LogP contribution in [0.15, 0.2) is 60.4 Å². The molecule has 112 valence electrons. The summed E-state index contributed by atoms with van der Waals surface area (Å²) in [4.78, 5) is 0. The van der Waals surface area contributed by atoms with Crippen LogP contribution in [-0.2, 0) is 0 Å². The monoisotopic (exact) mass is 286 g/mol. The van der Waals surface area contributed by atoms with Gasteiger partial charge in [0.05, 0.1) is 0 Å². The van der Waals surface area contributed by atoms with Crippen LogP contribution >= 0.6 is 0 Å². The van der Waals surface area contributed by atoms with E-state index < -0.39 is 0 Å². The van der Waals surface area contributed by atoms with E-state index in [-0.39, 0.29) is 5.82 Å². The highest BCUT2D eigenvalue weighted by molar-refractivity contribution is 5.22. The quantitative estimate of drug-likeness (QED) is 0.690. The summed E-state index contributed by atoms with van der Waals surface area (Å²) in [6.07, 6.45) is 16.2. The Morgan fingerprint density at radius 2 is 1.76 bits per heavy atom. The van der Waals surface area contributed by atoms with Gasteiger partial charge < -0.3 is 5.11 Å². The van der Waals surface area contributed by atoms with Gasteiger partial charge in [0, 0.05) is 0 Å². The van der Waals surface area contributed by atoms with Crippen LogP contribution in [-0.4, -0.2) is 5.11 Å². The number of allylic oxidation sites excluding steroid dienone is 5. The van der Waals surface area contributed by atoms with Crippen molar-refractivity contribution < 1.29 is 9.50 Å². The molecule has 0 saturated heterocycles. The minimum atomic E-state index is -0.0191. The Morgan fingerprint density at radius 3 is 2.52 bits per heavy atom. The van der Waals surface area contributed by atoms with Crippen LogP contribution in [0.1, 0.15) is 50.0 Å². The molecule has 3 rings (SSSR count). The Bertz CT molecular complexity index is 519. The van der Waals surface area contributed by atoms with Crippen LogP contribution < -0.4 is 0 Å². The topological polar surface area (TPSA) is 20.2 Å². The van der Waals surface area contributed by atoms with Crippen molar-refractivity contribution in [1.29, 1.82) is 0 Å². The zero-order chi connectivity index (χ0) is 14.9. The van der Waals surface area contributed by atoms with E-state index in [0.717, 1.165) is 12.0 Å². The lowest BCUT2D eigenvalue weighted by Gasteiger charge is -2.22. The Hall–Kier alpha value is -1.83. The first-order valence-electron chi connectivity index (χ1n) is 7.74. The van der Waals surface area contributed by atoms with Gasteiger partial charge in [-0.15, -0.1) is 0 Å². The van der Waals surface area contributed by atoms with Crippen molar-refractivity contribution >= 4 is 0 Å². The number of rotatable bonds is 1. The van der Waals surface area contributed by atoms with E-state index in [4.69, 9.17) is 5.11 Å². The van der Waals surface area contributed by atoms with Crippen molar-refractivity contribution in [2.75, 3.05) is 0 Å². The van der Waals surface area contributed by atoms with Crippen LogP contribution in [0, 0.1) is 5.82 Å². The van der Waals surface area contributed by atoms with Crippen LogP contribution in [0.4, 0.5) is 4.39 Å². The van der Waals surface area contributed by atoms with E-state index in [0.29, 0.717) is 11.7 Å². The zero-order valence-electron chi connectivity index (χ0n) is 12.3. The van der Waals surface area contributed by atoms with Crippen molar-refractivity contribution in [3.63, 3.8) is 0 Å². The molecule has 1 aromatic rings. The average Bonchev–Trinajstić information content (AvgIpc) is 2.77. The average molecular weight is 286 g/mol. The summed E-state index contributed by atoms with van der Waals surface area (Å²) >= 11 is 0. The van der Waals surface area contributed by atoms with E-state index in [1.165, 1.54) is 32.1 Å². The number of aliphatic hydroxyl groups is 1. The highest BCUT2D eigenvalue weighted by Gasteiger charge is 2.17. The van der Waals surface area contributed by atoms with E-state index in [9.17, 15) is 4.39 Å². The molecule has 21 heavy (non-hydrogen) atoms. The maximum Gasteiger partial charge on any atom is 0.126 e. The van der Waals surface area contributed by atoms with Crippen molar-refractivity contribution in [3.05, 3.63) is 71.8 Å². The molecule has 0 radical (unpaired) electrons. The first-order chi connectivity index (χ1) is 10.3. The summed E-state index contributed by atoms with van der Waals surface area (Å²) in [6.45, 7) is 0. The fourth-order valence-corrected chi connectivity index (χ4v) is 2.79. The molecule has 0 bridgehead atoms.